The van der Waals surface area contributed by atoms with Gasteiger partial charge in [-0.1, -0.05) is 20.8 Å². The second-order valence-corrected chi connectivity index (χ2v) is 14.6. The van der Waals surface area contributed by atoms with Gasteiger partial charge in [0.15, 0.2) is 0 Å². The molecule has 208 valence electrons. The molecule has 34 heavy (non-hydrogen) atoms. The van der Waals surface area contributed by atoms with Gasteiger partial charge in [-0.2, -0.15) is 0 Å². The molecule has 10 heteroatoms. The molecule has 0 aliphatic carbocycles. The van der Waals surface area contributed by atoms with Crippen LogP contribution in [-0.4, -0.2) is 62.8 Å². The van der Waals surface area contributed by atoms with Gasteiger partial charge < -0.3 is 36.1 Å². The third-order valence-electron chi connectivity index (χ3n) is 4.92. The Morgan fingerprint density at radius 1 is 0.500 bits per heavy atom. The number of hydrogen-bond acceptors (Lipinski definition) is 8. The van der Waals surface area contributed by atoms with E-state index >= 15 is 0 Å². The van der Waals surface area contributed by atoms with E-state index in [2.05, 4.69) is 0 Å². The molecule has 0 amide bonds. The molecule has 0 aromatic heterocycles. The predicted molar refractivity (Wildman–Crippen MR) is 141 cm³/mol. The number of hydrogen-bond donors (Lipinski definition) is 2. The first-order chi connectivity index (χ1) is 15.1. The van der Waals surface area contributed by atoms with Gasteiger partial charge in [0.05, 0.1) is 16.8 Å². The van der Waals surface area contributed by atoms with Crippen LogP contribution in [0.1, 0.15) is 123 Å². The maximum Gasteiger partial charge on any atom is 0.678 e. The summed E-state index contributed by atoms with van der Waals surface area (Å²) in [6, 6.07) is 0. The molecular weight excluding hydrogens is 472 g/mol. The van der Waals surface area contributed by atoms with Crippen LogP contribution in [0.5, 0.6) is 0 Å². The van der Waals surface area contributed by atoms with Crippen molar-refractivity contribution in [2.45, 2.75) is 158 Å². The smallest absolute Gasteiger partial charge is 0.367 e. The van der Waals surface area contributed by atoms with Gasteiger partial charge in [-0.3, -0.25) is 0 Å². The zero-order valence-corrected chi connectivity index (χ0v) is 26.7. The summed E-state index contributed by atoms with van der Waals surface area (Å²) in [5.41, 5.74) is -1.36. The third-order valence-corrected chi connectivity index (χ3v) is 9.66. The van der Waals surface area contributed by atoms with Crippen molar-refractivity contribution < 1.29 is 36.1 Å². The molecular formula is C24H56O8Si2. The summed E-state index contributed by atoms with van der Waals surface area (Å²) in [5, 5.41) is 0. The van der Waals surface area contributed by atoms with Crippen LogP contribution >= 0.6 is 0 Å². The molecule has 0 radical (unpaired) electrons. The minimum absolute atomic E-state index is 0.122. The van der Waals surface area contributed by atoms with Crippen LogP contribution in [-0.2, 0) is 26.6 Å². The summed E-state index contributed by atoms with van der Waals surface area (Å²) in [7, 11) is -7.16. The van der Waals surface area contributed by atoms with E-state index in [-0.39, 0.29) is 18.3 Å². The molecule has 0 saturated carbocycles. The van der Waals surface area contributed by atoms with E-state index in [0.717, 1.165) is 19.3 Å². The molecule has 0 rings (SSSR count). The normalized spacial score (nSPS) is 14.1. The standard InChI is InChI=1S/C13H30O4Si.C11H26O4Si/c1-9-12(5,6)16-18(14,15-11(3)4)17-13(7,8)10-2;1-8-11(6,7)15-16(12,13-9(2)3)14-10(4)5/h11,14H,9-10H2,1-8H3;9-10,12H,8H2,1-7H3. The Morgan fingerprint density at radius 2 is 0.706 bits per heavy atom. The van der Waals surface area contributed by atoms with Crippen LogP contribution in [0, 0.1) is 0 Å². The second kappa shape index (κ2) is 14.8. The minimum atomic E-state index is -3.63. The van der Waals surface area contributed by atoms with Crippen LogP contribution in [0.3, 0.4) is 0 Å². The summed E-state index contributed by atoms with van der Waals surface area (Å²) >= 11 is 0. The van der Waals surface area contributed by atoms with Crippen LogP contribution in [0.25, 0.3) is 0 Å². The van der Waals surface area contributed by atoms with E-state index in [9.17, 15) is 9.59 Å². The highest BCUT2D eigenvalue weighted by Gasteiger charge is 2.50. The van der Waals surface area contributed by atoms with Crippen molar-refractivity contribution in [1.82, 2.24) is 0 Å². The molecule has 0 saturated heterocycles. The summed E-state index contributed by atoms with van der Waals surface area (Å²) in [6.45, 7) is 28.7. The van der Waals surface area contributed by atoms with Crippen LogP contribution in [0.15, 0.2) is 0 Å². The van der Waals surface area contributed by atoms with Crippen molar-refractivity contribution in [3.63, 3.8) is 0 Å². The van der Waals surface area contributed by atoms with Gasteiger partial charge in [0.1, 0.15) is 0 Å². The fourth-order valence-electron chi connectivity index (χ4n) is 2.30. The average Bonchev–Trinajstić information content (AvgIpc) is 2.57. The molecule has 0 heterocycles. The monoisotopic (exact) mass is 528 g/mol. The fourth-order valence-corrected chi connectivity index (χ4v) is 6.91. The Kier molecular flexibility index (Phi) is 15.7. The van der Waals surface area contributed by atoms with Crippen molar-refractivity contribution in [1.29, 1.82) is 0 Å². The Labute approximate surface area is 212 Å². The first kappa shape index (κ1) is 36.3. The van der Waals surface area contributed by atoms with Crippen LogP contribution in [0.4, 0.5) is 0 Å². The first-order valence-corrected chi connectivity index (χ1v) is 16.0. The quantitative estimate of drug-likeness (QED) is 0.261. The summed E-state index contributed by atoms with van der Waals surface area (Å²) in [4.78, 5) is 20.9. The molecule has 0 aromatic carbocycles. The molecule has 0 aliphatic heterocycles. The van der Waals surface area contributed by atoms with Gasteiger partial charge in [0.25, 0.3) is 0 Å². The van der Waals surface area contributed by atoms with Crippen molar-refractivity contribution in [2.24, 2.45) is 0 Å². The lowest BCUT2D eigenvalue weighted by molar-refractivity contribution is -0.111. The van der Waals surface area contributed by atoms with E-state index in [1.807, 2.05) is 104 Å². The van der Waals surface area contributed by atoms with Gasteiger partial charge in [-0.25, -0.2) is 0 Å². The first-order valence-electron chi connectivity index (χ1n) is 12.6. The predicted octanol–water partition coefficient (Wildman–Crippen LogP) is 5.72. The van der Waals surface area contributed by atoms with E-state index in [0.29, 0.717) is 0 Å². The SMILES string of the molecule is CCC(C)(C)O[Si](O)(OC(C)C)OC(C)(C)CC.CCC(C)(C)O[Si](O)(OC(C)C)OC(C)C. The summed E-state index contributed by atoms with van der Waals surface area (Å²) < 4.78 is 33.6. The van der Waals surface area contributed by atoms with Crippen molar-refractivity contribution >= 4 is 18.1 Å². The largest absolute Gasteiger partial charge is 0.678 e. The molecule has 0 aromatic rings. The Balaban J connectivity index is 0. The highest BCUT2D eigenvalue weighted by atomic mass is 28.4. The van der Waals surface area contributed by atoms with Crippen LogP contribution in [0.2, 0.25) is 0 Å². The molecule has 0 atom stereocenters. The van der Waals surface area contributed by atoms with E-state index in [4.69, 9.17) is 26.6 Å². The van der Waals surface area contributed by atoms with Crippen LogP contribution < -0.4 is 0 Å². The third kappa shape index (κ3) is 17.5. The van der Waals surface area contributed by atoms with Gasteiger partial charge >= 0.3 is 18.1 Å². The van der Waals surface area contributed by atoms with E-state index < -0.39 is 34.9 Å². The molecule has 0 fully saturated rings. The zero-order valence-electron chi connectivity index (χ0n) is 24.7. The van der Waals surface area contributed by atoms with Gasteiger partial charge in [-0.05, 0) is 102 Å². The highest BCUT2D eigenvalue weighted by Crippen LogP contribution is 2.27. The average molecular weight is 529 g/mol. The van der Waals surface area contributed by atoms with Crippen molar-refractivity contribution in [2.75, 3.05) is 0 Å². The van der Waals surface area contributed by atoms with E-state index in [1.165, 1.54) is 0 Å². The molecule has 0 aliphatic rings. The zero-order chi connectivity index (χ0) is 27.6. The van der Waals surface area contributed by atoms with Crippen molar-refractivity contribution in [3.8, 4) is 0 Å². The summed E-state index contributed by atoms with van der Waals surface area (Å²) in [5.74, 6) is 0. The fraction of sp³-hybridized carbons (Fsp3) is 1.00. The minimum Gasteiger partial charge on any atom is -0.367 e. The van der Waals surface area contributed by atoms with Crippen molar-refractivity contribution in [3.05, 3.63) is 0 Å². The molecule has 0 bridgehead atoms. The lowest BCUT2D eigenvalue weighted by atomic mass is 10.1. The molecule has 0 spiro atoms. The maximum absolute atomic E-state index is 10.6. The second-order valence-electron chi connectivity index (χ2n) is 11.2. The Hall–Kier alpha value is 0.114. The Bertz CT molecular complexity index is 523. The Morgan fingerprint density at radius 3 is 0.912 bits per heavy atom. The molecule has 8 nitrogen and oxygen atoms in total. The molecule has 2 N–H and O–H groups in total. The van der Waals surface area contributed by atoms with Gasteiger partial charge in [-0.15, -0.1) is 0 Å². The lowest BCUT2D eigenvalue weighted by Gasteiger charge is -2.38. The molecule has 0 unspecified atom stereocenters. The summed E-state index contributed by atoms with van der Waals surface area (Å²) in [6.07, 6.45) is 1.96. The maximum atomic E-state index is 10.6. The van der Waals surface area contributed by atoms with Gasteiger partial charge in [0, 0.05) is 18.3 Å². The van der Waals surface area contributed by atoms with Gasteiger partial charge in [0.2, 0.25) is 0 Å². The highest BCUT2D eigenvalue weighted by molar-refractivity contribution is 6.52. The number of rotatable bonds is 15. The lowest BCUT2D eigenvalue weighted by Crippen LogP contribution is -2.56. The topological polar surface area (TPSA) is 95.8 Å². The van der Waals surface area contributed by atoms with E-state index in [1.54, 1.807) is 0 Å².